The van der Waals surface area contributed by atoms with Crippen LogP contribution < -0.4 is 0 Å². The van der Waals surface area contributed by atoms with Gasteiger partial charge in [-0.15, -0.1) is 0 Å². The van der Waals surface area contributed by atoms with E-state index in [0.717, 1.165) is 6.42 Å². The molecule has 1 unspecified atom stereocenters. The van der Waals surface area contributed by atoms with Crippen LogP contribution in [-0.4, -0.2) is 54.8 Å². The summed E-state index contributed by atoms with van der Waals surface area (Å²) in [6, 6.07) is 0. The zero-order valence-corrected chi connectivity index (χ0v) is 11.1. The lowest BCUT2D eigenvalue weighted by atomic mass is 10.0. The van der Waals surface area contributed by atoms with E-state index in [0.29, 0.717) is 25.9 Å². The van der Waals surface area contributed by atoms with Gasteiger partial charge in [0.15, 0.2) is 0 Å². The van der Waals surface area contributed by atoms with Gasteiger partial charge in [-0.05, 0) is 19.3 Å². The number of piperidine rings is 1. The van der Waals surface area contributed by atoms with Gasteiger partial charge in [0.25, 0.3) is 10.2 Å². The Morgan fingerprint density at radius 1 is 1.53 bits per heavy atom. The molecule has 0 aliphatic carbocycles. The predicted octanol–water partition coefficient (Wildman–Crippen LogP) is 0.370. The molecule has 1 rings (SSSR count). The molecule has 0 aromatic heterocycles. The maximum atomic E-state index is 12.1. The van der Waals surface area contributed by atoms with Crippen LogP contribution in [-0.2, 0) is 15.0 Å². The number of aliphatic carboxylic acids is 1. The summed E-state index contributed by atoms with van der Waals surface area (Å²) in [4.78, 5) is 10.9. The minimum absolute atomic E-state index is 0.0890. The molecule has 0 spiro atoms. The summed E-state index contributed by atoms with van der Waals surface area (Å²) >= 11 is 0. The largest absolute Gasteiger partial charge is 0.481 e. The molecule has 1 fully saturated rings. The van der Waals surface area contributed by atoms with Crippen molar-refractivity contribution in [2.45, 2.75) is 26.2 Å². The molecular weight excluding hydrogens is 244 g/mol. The zero-order chi connectivity index (χ0) is 13.1. The van der Waals surface area contributed by atoms with Crippen LogP contribution in [0.5, 0.6) is 0 Å². The quantitative estimate of drug-likeness (QED) is 0.778. The van der Waals surface area contributed by atoms with Crippen molar-refractivity contribution in [3.8, 4) is 0 Å². The molecule has 1 aliphatic heterocycles. The zero-order valence-electron chi connectivity index (χ0n) is 10.3. The van der Waals surface area contributed by atoms with Gasteiger partial charge in [0.2, 0.25) is 0 Å². The van der Waals surface area contributed by atoms with Crippen LogP contribution in [0.25, 0.3) is 0 Å². The molecule has 7 heteroatoms. The predicted molar refractivity (Wildman–Crippen MR) is 63.8 cm³/mol. The van der Waals surface area contributed by atoms with E-state index in [9.17, 15) is 13.2 Å². The number of nitrogens with zero attached hydrogens (tertiary/aromatic N) is 2. The summed E-state index contributed by atoms with van der Waals surface area (Å²) in [7, 11) is -1.96. The highest BCUT2D eigenvalue weighted by atomic mass is 32.2. The highest BCUT2D eigenvalue weighted by Crippen LogP contribution is 2.20. The summed E-state index contributed by atoms with van der Waals surface area (Å²) in [5, 5.41) is 8.93. The van der Waals surface area contributed by atoms with Gasteiger partial charge in [-0.3, -0.25) is 4.79 Å². The molecule has 0 aromatic carbocycles. The Labute approximate surface area is 102 Å². The van der Waals surface area contributed by atoms with Crippen molar-refractivity contribution in [1.82, 2.24) is 8.61 Å². The lowest BCUT2D eigenvalue weighted by Crippen LogP contribution is -2.48. The molecule has 0 aromatic rings. The number of carboxylic acids is 1. The second-order valence-corrected chi connectivity index (χ2v) is 6.40. The van der Waals surface area contributed by atoms with Gasteiger partial charge in [0.05, 0.1) is 5.92 Å². The Hall–Kier alpha value is -0.660. The Morgan fingerprint density at radius 2 is 2.18 bits per heavy atom. The van der Waals surface area contributed by atoms with Crippen molar-refractivity contribution in [3.05, 3.63) is 0 Å². The van der Waals surface area contributed by atoms with Crippen LogP contribution in [0.4, 0.5) is 0 Å². The van der Waals surface area contributed by atoms with Crippen molar-refractivity contribution in [2.75, 3.05) is 26.7 Å². The van der Waals surface area contributed by atoms with Crippen molar-refractivity contribution >= 4 is 16.2 Å². The van der Waals surface area contributed by atoms with Crippen LogP contribution in [0.1, 0.15) is 26.2 Å². The Balaban J connectivity index is 2.74. The van der Waals surface area contributed by atoms with Crippen molar-refractivity contribution in [3.63, 3.8) is 0 Å². The maximum Gasteiger partial charge on any atom is 0.307 e. The fourth-order valence-corrected chi connectivity index (χ4v) is 3.52. The third kappa shape index (κ3) is 3.40. The number of hydrogen-bond donors (Lipinski definition) is 1. The summed E-state index contributed by atoms with van der Waals surface area (Å²) in [5.74, 6) is -1.49. The molecule has 1 saturated heterocycles. The van der Waals surface area contributed by atoms with E-state index >= 15 is 0 Å². The minimum Gasteiger partial charge on any atom is -0.481 e. The normalized spacial score (nSPS) is 22.9. The first kappa shape index (κ1) is 14.4. The van der Waals surface area contributed by atoms with Crippen molar-refractivity contribution in [2.24, 2.45) is 5.92 Å². The highest BCUT2D eigenvalue weighted by Gasteiger charge is 2.34. The van der Waals surface area contributed by atoms with E-state index < -0.39 is 22.1 Å². The van der Waals surface area contributed by atoms with E-state index in [-0.39, 0.29) is 6.54 Å². The molecule has 1 heterocycles. The van der Waals surface area contributed by atoms with Gasteiger partial charge in [0, 0.05) is 26.7 Å². The van der Waals surface area contributed by atoms with Gasteiger partial charge in [-0.25, -0.2) is 0 Å². The average molecular weight is 264 g/mol. The lowest BCUT2D eigenvalue weighted by molar-refractivity contribution is -0.142. The molecule has 6 nitrogen and oxygen atoms in total. The highest BCUT2D eigenvalue weighted by molar-refractivity contribution is 7.86. The topological polar surface area (TPSA) is 77.9 Å². The second kappa shape index (κ2) is 5.79. The van der Waals surface area contributed by atoms with Crippen LogP contribution in [0.15, 0.2) is 0 Å². The van der Waals surface area contributed by atoms with E-state index in [1.165, 1.54) is 15.7 Å². The standard InChI is InChI=1S/C10H20N2O4S/c1-3-6-11(2)17(15,16)12-7-4-5-9(8-12)10(13)14/h9H,3-8H2,1-2H3,(H,13,14). The van der Waals surface area contributed by atoms with Crippen LogP contribution in [0, 0.1) is 5.92 Å². The summed E-state index contributed by atoms with van der Waals surface area (Å²) in [6.45, 7) is 2.87. The van der Waals surface area contributed by atoms with E-state index in [2.05, 4.69) is 0 Å². The van der Waals surface area contributed by atoms with Gasteiger partial charge in [-0.2, -0.15) is 17.0 Å². The van der Waals surface area contributed by atoms with Crippen molar-refractivity contribution in [1.29, 1.82) is 0 Å². The first-order valence-electron chi connectivity index (χ1n) is 5.83. The molecule has 1 aliphatic rings. The van der Waals surface area contributed by atoms with Gasteiger partial charge in [-0.1, -0.05) is 6.92 Å². The molecule has 0 bridgehead atoms. The Kier molecular flexibility index (Phi) is 4.91. The monoisotopic (exact) mass is 264 g/mol. The third-order valence-electron chi connectivity index (χ3n) is 2.99. The molecule has 1 atom stereocenters. The Morgan fingerprint density at radius 3 is 2.71 bits per heavy atom. The molecule has 0 saturated carbocycles. The number of hydrogen-bond acceptors (Lipinski definition) is 3. The van der Waals surface area contributed by atoms with Crippen molar-refractivity contribution < 1.29 is 18.3 Å². The molecule has 0 radical (unpaired) electrons. The molecule has 17 heavy (non-hydrogen) atoms. The fourth-order valence-electron chi connectivity index (χ4n) is 1.98. The molecular formula is C10H20N2O4S. The van der Waals surface area contributed by atoms with E-state index in [4.69, 9.17) is 5.11 Å². The Bertz CT molecular complexity index is 369. The molecule has 100 valence electrons. The number of carboxylic acid groups (broad SMARTS) is 1. The number of carbonyl (C=O) groups is 1. The lowest BCUT2D eigenvalue weighted by Gasteiger charge is -2.32. The van der Waals surface area contributed by atoms with Gasteiger partial charge >= 0.3 is 5.97 Å². The summed E-state index contributed by atoms with van der Waals surface area (Å²) < 4.78 is 26.8. The summed E-state index contributed by atoms with van der Waals surface area (Å²) in [6.07, 6.45) is 1.90. The first-order chi connectivity index (χ1) is 7.89. The average Bonchev–Trinajstić information content (AvgIpc) is 2.29. The molecule has 0 amide bonds. The van der Waals surface area contributed by atoms with E-state index in [1.54, 1.807) is 0 Å². The van der Waals surface area contributed by atoms with Crippen LogP contribution in [0.2, 0.25) is 0 Å². The molecule has 1 N–H and O–H groups in total. The van der Waals surface area contributed by atoms with Gasteiger partial charge in [0.1, 0.15) is 0 Å². The first-order valence-corrected chi connectivity index (χ1v) is 7.23. The van der Waals surface area contributed by atoms with Crippen LogP contribution in [0.3, 0.4) is 0 Å². The van der Waals surface area contributed by atoms with Gasteiger partial charge < -0.3 is 5.11 Å². The summed E-state index contributed by atoms with van der Waals surface area (Å²) in [5.41, 5.74) is 0. The van der Waals surface area contributed by atoms with E-state index in [1.807, 2.05) is 6.92 Å². The maximum absolute atomic E-state index is 12.1. The SMILES string of the molecule is CCCN(C)S(=O)(=O)N1CCCC(C(=O)O)C1. The third-order valence-corrected chi connectivity index (χ3v) is 4.95. The van der Waals surface area contributed by atoms with Crippen LogP contribution >= 0.6 is 0 Å². The number of rotatable bonds is 5. The second-order valence-electron chi connectivity index (χ2n) is 4.36. The fraction of sp³-hybridized carbons (Fsp3) is 0.900. The smallest absolute Gasteiger partial charge is 0.307 e. The minimum atomic E-state index is -3.49.